The molecule has 1 aliphatic heterocycles. The molecule has 5 unspecified atom stereocenters. The predicted octanol–water partition coefficient (Wildman–Crippen LogP) is 1.31. The highest BCUT2D eigenvalue weighted by atomic mass is 33.1. The molecule has 3 rings (SSSR count). The molecule has 0 amide bonds. The lowest BCUT2D eigenvalue weighted by atomic mass is 10.2. The number of phosphoric ester groups is 1. The number of hydrogen-bond donors (Lipinski definition) is 6. The molecule has 22 heteroatoms. The lowest BCUT2D eigenvalue weighted by Gasteiger charge is -2.21. The van der Waals surface area contributed by atoms with Gasteiger partial charge in [0.1, 0.15) is 36.1 Å². The fraction of sp³-hybridized carbons (Fsp3) is 0.500. The highest BCUT2D eigenvalue weighted by Crippen LogP contribution is 2.66. The fourth-order valence-corrected chi connectivity index (χ4v) is 7.21. The molecule has 0 aliphatic carbocycles. The molecule has 0 radical (unpaired) electrons. The number of rotatable bonds is 12. The third-order valence-electron chi connectivity index (χ3n) is 4.72. The lowest BCUT2D eigenvalue weighted by Crippen LogP contribution is -2.28. The van der Waals surface area contributed by atoms with Gasteiger partial charge in [0.2, 0.25) is 0 Å². The van der Waals surface area contributed by atoms with Crippen LogP contribution in [0.4, 0.5) is 5.82 Å². The van der Waals surface area contributed by atoms with Gasteiger partial charge in [-0.25, -0.2) is 23.7 Å². The van der Waals surface area contributed by atoms with Gasteiger partial charge in [0.25, 0.3) is 0 Å². The van der Waals surface area contributed by atoms with Crippen molar-refractivity contribution < 1.29 is 55.9 Å². The Morgan fingerprint density at radius 2 is 1.95 bits per heavy atom. The first-order valence-electron chi connectivity index (χ1n) is 10.3. The monoisotopic (exact) mass is 635 g/mol. The number of nitrogens with two attached hydrogens (primary N) is 2. The number of nitrogens with zero attached hydrogens (tertiary/aromatic N) is 3. The van der Waals surface area contributed by atoms with Crippen LogP contribution in [-0.2, 0) is 36.3 Å². The summed E-state index contributed by atoms with van der Waals surface area (Å²) in [7, 11) is -13.7. The minimum absolute atomic E-state index is 0.103. The predicted molar refractivity (Wildman–Crippen MR) is 137 cm³/mol. The van der Waals surface area contributed by atoms with Crippen LogP contribution >= 0.6 is 45.1 Å². The van der Waals surface area contributed by atoms with Crippen molar-refractivity contribution in [2.75, 3.05) is 31.1 Å². The van der Waals surface area contributed by atoms with Crippen molar-refractivity contribution in [1.29, 1.82) is 0 Å². The van der Waals surface area contributed by atoms with E-state index >= 15 is 0 Å². The Hall–Kier alpha value is -1.03. The number of phosphoric acid groups is 3. The van der Waals surface area contributed by atoms with E-state index in [1.54, 1.807) is 10.8 Å². The van der Waals surface area contributed by atoms with Crippen molar-refractivity contribution in [3.05, 3.63) is 18.1 Å². The van der Waals surface area contributed by atoms with E-state index in [-0.39, 0.29) is 24.7 Å². The number of anilines is 1. The average molecular weight is 635 g/mol. The maximum Gasteiger partial charge on any atom is 0.490 e. The molecule has 38 heavy (non-hydrogen) atoms. The number of ether oxygens (including phenoxy) is 2. The van der Waals surface area contributed by atoms with E-state index in [1.807, 2.05) is 6.26 Å². The van der Waals surface area contributed by atoms with Crippen LogP contribution in [0.2, 0.25) is 0 Å². The van der Waals surface area contributed by atoms with Crippen LogP contribution in [0.1, 0.15) is 18.2 Å². The molecule has 1 fully saturated rings. The molecule has 0 saturated carbocycles. The Balaban J connectivity index is 1.82. The van der Waals surface area contributed by atoms with Gasteiger partial charge >= 0.3 is 23.5 Å². The summed E-state index contributed by atoms with van der Waals surface area (Å²) in [4.78, 5) is 44.8. The van der Waals surface area contributed by atoms with Gasteiger partial charge in [-0.3, -0.25) is 4.52 Å². The van der Waals surface area contributed by atoms with E-state index in [2.05, 4.69) is 30.4 Å². The van der Waals surface area contributed by atoms with E-state index in [9.17, 15) is 23.5 Å². The van der Waals surface area contributed by atoms with Gasteiger partial charge in [0, 0.05) is 12.6 Å². The fourth-order valence-electron chi connectivity index (χ4n) is 3.40. The lowest BCUT2D eigenvalue weighted by molar-refractivity contribution is -0.0520. The zero-order valence-corrected chi connectivity index (χ0v) is 23.7. The van der Waals surface area contributed by atoms with Crippen LogP contribution in [0.15, 0.2) is 12.5 Å². The quantitative estimate of drug-likeness (QED) is 0.0631. The van der Waals surface area contributed by atoms with Gasteiger partial charge in [-0.2, -0.15) is 8.62 Å². The van der Waals surface area contributed by atoms with Crippen molar-refractivity contribution in [3.63, 3.8) is 0 Å². The van der Waals surface area contributed by atoms with Gasteiger partial charge < -0.3 is 45.1 Å². The SMILES string of the molecule is CSSCOC1CC(n2cc(C#CCN)c3c(N)ncnc32)OC1COP(=O)(O)OP(=O)(O)OP(=O)(O)O. The molecule has 3 heterocycles. The summed E-state index contributed by atoms with van der Waals surface area (Å²) in [6.07, 6.45) is 2.54. The summed E-state index contributed by atoms with van der Waals surface area (Å²) >= 11 is 0. The van der Waals surface area contributed by atoms with Crippen LogP contribution in [0.5, 0.6) is 0 Å². The zero-order valence-electron chi connectivity index (χ0n) is 19.4. The largest absolute Gasteiger partial charge is 0.490 e. The van der Waals surface area contributed by atoms with Gasteiger partial charge in [-0.15, -0.1) is 0 Å². The third kappa shape index (κ3) is 8.73. The molecule has 2 aromatic heterocycles. The normalized spacial score (nSPS) is 23.1. The van der Waals surface area contributed by atoms with Crippen molar-refractivity contribution in [2.24, 2.45) is 5.73 Å². The van der Waals surface area contributed by atoms with Crippen molar-refractivity contribution in [3.8, 4) is 11.8 Å². The zero-order chi connectivity index (χ0) is 28.1. The summed E-state index contributed by atoms with van der Waals surface area (Å²) in [6.45, 7) is -0.573. The van der Waals surface area contributed by atoms with Gasteiger partial charge in [0.15, 0.2) is 0 Å². The molecule has 0 bridgehead atoms. The molecule has 0 aromatic carbocycles. The first-order valence-corrected chi connectivity index (χ1v) is 17.5. The Labute approximate surface area is 223 Å². The smallest absolute Gasteiger partial charge is 0.383 e. The minimum Gasteiger partial charge on any atom is -0.383 e. The Bertz CT molecular complexity index is 1350. The van der Waals surface area contributed by atoms with Crippen LogP contribution in [0.25, 0.3) is 11.0 Å². The average Bonchev–Trinajstić information content (AvgIpc) is 3.36. The second-order valence-electron chi connectivity index (χ2n) is 7.27. The Kier molecular flexibility index (Phi) is 10.8. The molecule has 5 atom stereocenters. The molecular formula is C16H24N5O12P3S2. The third-order valence-corrected chi connectivity index (χ3v) is 9.99. The molecule has 17 nitrogen and oxygen atoms in total. The van der Waals surface area contributed by atoms with Gasteiger partial charge in [0.05, 0.1) is 30.2 Å². The maximum atomic E-state index is 12.2. The summed E-state index contributed by atoms with van der Waals surface area (Å²) in [5, 5.41) is 0.476. The number of aromatic nitrogens is 3. The summed E-state index contributed by atoms with van der Waals surface area (Å²) in [5.74, 6) is 6.05. The topological polar surface area (TPSA) is 261 Å². The molecule has 212 valence electrons. The second kappa shape index (κ2) is 13.1. The maximum absolute atomic E-state index is 12.2. The minimum atomic E-state index is -5.66. The van der Waals surface area contributed by atoms with Crippen molar-refractivity contribution in [1.82, 2.24) is 14.5 Å². The van der Waals surface area contributed by atoms with Crippen LogP contribution in [0.3, 0.4) is 0 Å². The molecule has 0 spiro atoms. The summed E-state index contributed by atoms with van der Waals surface area (Å²) in [6, 6.07) is 0. The molecule has 2 aromatic rings. The van der Waals surface area contributed by atoms with Crippen molar-refractivity contribution in [2.45, 2.75) is 24.9 Å². The Morgan fingerprint density at radius 3 is 2.61 bits per heavy atom. The summed E-state index contributed by atoms with van der Waals surface area (Å²) in [5.41, 5.74) is 12.4. The first-order chi connectivity index (χ1) is 17.8. The van der Waals surface area contributed by atoms with Gasteiger partial charge in [-0.1, -0.05) is 33.4 Å². The highest BCUT2D eigenvalue weighted by Gasteiger charge is 2.43. The van der Waals surface area contributed by atoms with E-state index in [0.717, 1.165) is 0 Å². The molecule has 1 saturated heterocycles. The van der Waals surface area contributed by atoms with E-state index in [4.69, 9.17) is 35.3 Å². The molecular weight excluding hydrogens is 611 g/mol. The van der Waals surface area contributed by atoms with Crippen LogP contribution in [-0.4, -0.2) is 71.7 Å². The van der Waals surface area contributed by atoms with Crippen molar-refractivity contribution >= 4 is 61.9 Å². The number of hydrogen-bond acceptors (Lipinski definition) is 14. The highest BCUT2D eigenvalue weighted by molar-refractivity contribution is 8.76. The second-order valence-corrected chi connectivity index (χ2v) is 14.2. The molecule has 1 aliphatic rings. The van der Waals surface area contributed by atoms with Gasteiger partial charge in [-0.05, 0) is 6.26 Å². The van der Waals surface area contributed by atoms with Crippen LogP contribution < -0.4 is 11.5 Å². The number of fused-ring (bicyclic) bond motifs is 1. The first kappa shape index (κ1) is 31.5. The number of nitrogen functional groups attached to an aromatic ring is 1. The van der Waals surface area contributed by atoms with E-state index < -0.39 is 48.5 Å². The molecule has 8 N–H and O–H groups in total. The van der Waals surface area contributed by atoms with E-state index in [1.165, 1.54) is 27.9 Å². The summed E-state index contributed by atoms with van der Waals surface area (Å²) < 4.78 is 60.3. The van der Waals surface area contributed by atoms with E-state index in [0.29, 0.717) is 16.6 Å². The van der Waals surface area contributed by atoms with Crippen LogP contribution in [0, 0.1) is 11.8 Å². The Morgan fingerprint density at radius 1 is 1.21 bits per heavy atom. The standard InChI is InChI=1S/C16H24N5O12P3S2/c1-37-38-9-29-11-5-13(21-6-10(3-2-4-17)14-15(18)19-8-20-16(14)21)31-12(11)7-30-35(25,26)33-36(27,28)32-34(22,23)24/h6,8,11-13H,4-5,7,9,17H2,1H3,(H,25,26)(H,27,28)(H2,18,19,20)(H2,22,23,24).